The minimum atomic E-state index is -0.913. The molecule has 4 aromatic rings. The number of aromatic hydroxyl groups is 3. The molecule has 216 valence electrons. The monoisotopic (exact) mass is 566 g/mol. The first-order valence-corrected chi connectivity index (χ1v) is 12.6. The molecule has 0 saturated carbocycles. The molecule has 0 spiro atoms. The Kier molecular flexibility index (Phi) is 7.33. The lowest BCUT2D eigenvalue weighted by Crippen LogP contribution is -2.46. The predicted octanol–water partition coefficient (Wildman–Crippen LogP) is 4.87. The molecule has 3 N–H and O–H groups in total. The molecule has 1 aliphatic heterocycles. The molecular weight excluding hydrogens is 536 g/mol. The molecular formula is C30H30O11. The van der Waals surface area contributed by atoms with E-state index in [1.165, 1.54) is 39.5 Å². The summed E-state index contributed by atoms with van der Waals surface area (Å²) in [6.45, 7) is 3.74. The second-order valence-corrected chi connectivity index (χ2v) is 9.86. The second kappa shape index (κ2) is 10.8. The van der Waals surface area contributed by atoms with Crippen molar-refractivity contribution in [2.75, 3.05) is 27.9 Å². The molecule has 2 atom stereocenters. The molecule has 11 nitrogen and oxygen atoms in total. The maximum atomic E-state index is 12.8. The van der Waals surface area contributed by atoms with Crippen LogP contribution in [0, 0.1) is 0 Å². The molecule has 1 aromatic heterocycles. The van der Waals surface area contributed by atoms with Crippen LogP contribution in [-0.2, 0) is 9.47 Å². The van der Waals surface area contributed by atoms with Gasteiger partial charge in [0.2, 0.25) is 5.75 Å². The zero-order valence-electron chi connectivity index (χ0n) is 23.1. The van der Waals surface area contributed by atoms with Gasteiger partial charge < -0.3 is 48.2 Å². The number of benzene rings is 3. The minimum absolute atomic E-state index is 0.00884. The van der Waals surface area contributed by atoms with Gasteiger partial charge in [0, 0.05) is 23.8 Å². The summed E-state index contributed by atoms with van der Waals surface area (Å²) in [7, 11) is 4.37. The van der Waals surface area contributed by atoms with Crippen LogP contribution in [0.4, 0.5) is 0 Å². The summed E-state index contributed by atoms with van der Waals surface area (Å²) in [5.74, 6) is -0.335. The summed E-state index contributed by atoms with van der Waals surface area (Å²) >= 11 is 0. The fraction of sp³-hybridized carbons (Fsp3) is 0.300. The van der Waals surface area contributed by atoms with Crippen molar-refractivity contribution in [1.82, 2.24) is 0 Å². The number of hydrogen-bond acceptors (Lipinski definition) is 11. The summed E-state index contributed by atoms with van der Waals surface area (Å²) in [6, 6.07) is 11.7. The molecule has 0 aliphatic carbocycles. The molecule has 2 heterocycles. The number of phenols is 3. The van der Waals surface area contributed by atoms with E-state index in [1.807, 2.05) is 0 Å². The van der Waals surface area contributed by atoms with Gasteiger partial charge in [0.05, 0.1) is 27.9 Å². The Bertz CT molecular complexity index is 1630. The number of rotatable bonds is 7. The fourth-order valence-electron chi connectivity index (χ4n) is 4.72. The summed E-state index contributed by atoms with van der Waals surface area (Å²) in [6.07, 6.45) is -1.29. The Morgan fingerprint density at radius 1 is 0.854 bits per heavy atom. The van der Waals surface area contributed by atoms with Crippen molar-refractivity contribution in [3.8, 4) is 51.6 Å². The van der Waals surface area contributed by atoms with Crippen molar-refractivity contribution in [2.24, 2.45) is 0 Å². The van der Waals surface area contributed by atoms with Crippen LogP contribution in [-0.4, -0.2) is 55.1 Å². The highest BCUT2D eigenvalue weighted by atomic mass is 16.7. The van der Waals surface area contributed by atoms with E-state index < -0.39 is 23.4 Å². The van der Waals surface area contributed by atoms with Gasteiger partial charge in [-0.2, -0.15) is 0 Å². The highest BCUT2D eigenvalue weighted by molar-refractivity contribution is 5.86. The first-order valence-electron chi connectivity index (χ1n) is 12.6. The maximum Gasteiger partial charge on any atom is 0.204 e. The van der Waals surface area contributed by atoms with E-state index in [0.717, 1.165) is 6.07 Å². The zero-order valence-corrected chi connectivity index (χ0v) is 23.1. The fourth-order valence-corrected chi connectivity index (χ4v) is 4.72. The zero-order chi connectivity index (χ0) is 29.5. The molecule has 1 saturated heterocycles. The van der Waals surface area contributed by atoms with E-state index in [1.54, 1.807) is 38.1 Å². The first kappa shape index (κ1) is 27.9. The standard InChI is InChI=1S/C30H30O11/c1-30(2)38-14-26(28(41-30)15-6-7-18(32)22(8-15)35-3)40-29-24(36-4)9-16(10-25(29)37-5)21-13-20(34)27-19(33)11-17(31)12-23(27)39-21/h6-13,26,28,31-33H,14H2,1-5H3/t26-,28-/m0/s1. The molecule has 1 fully saturated rings. The lowest BCUT2D eigenvalue weighted by atomic mass is 10.0. The number of ether oxygens (including phenoxy) is 6. The Labute approximate surface area is 235 Å². The average molecular weight is 567 g/mol. The Hall–Kier alpha value is -4.61. The molecule has 5 rings (SSSR count). The Balaban J connectivity index is 1.56. The third-order valence-corrected chi connectivity index (χ3v) is 6.68. The van der Waals surface area contributed by atoms with Gasteiger partial charge in [0.15, 0.2) is 40.3 Å². The summed E-state index contributed by atoms with van der Waals surface area (Å²) in [5.41, 5.74) is 0.628. The molecule has 0 bridgehead atoms. The van der Waals surface area contributed by atoms with Gasteiger partial charge in [0.1, 0.15) is 34.3 Å². The molecule has 3 aromatic carbocycles. The molecule has 0 unspecified atom stereocenters. The highest BCUT2D eigenvalue weighted by Gasteiger charge is 2.40. The van der Waals surface area contributed by atoms with Gasteiger partial charge in [0.25, 0.3) is 0 Å². The first-order chi connectivity index (χ1) is 19.5. The van der Waals surface area contributed by atoms with Crippen LogP contribution in [0.25, 0.3) is 22.3 Å². The SMILES string of the molecule is COc1cc([C@@H]2OC(C)(C)OC[C@@H]2Oc2c(OC)cc(-c3cc(=O)c4c(O)cc(O)cc4o3)cc2OC)ccc1O. The normalized spacial score (nSPS) is 18.2. The lowest BCUT2D eigenvalue weighted by molar-refractivity contribution is -0.302. The molecule has 0 radical (unpaired) electrons. The van der Waals surface area contributed by atoms with E-state index >= 15 is 0 Å². The van der Waals surface area contributed by atoms with E-state index in [4.69, 9.17) is 32.8 Å². The van der Waals surface area contributed by atoms with Crippen molar-refractivity contribution in [2.45, 2.75) is 31.8 Å². The predicted molar refractivity (Wildman–Crippen MR) is 147 cm³/mol. The molecule has 0 amide bonds. The third-order valence-electron chi connectivity index (χ3n) is 6.68. The molecule has 1 aliphatic rings. The molecule has 11 heteroatoms. The van der Waals surface area contributed by atoms with Crippen molar-refractivity contribution in [1.29, 1.82) is 0 Å². The van der Waals surface area contributed by atoms with Crippen molar-refractivity contribution in [3.05, 3.63) is 64.3 Å². The van der Waals surface area contributed by atoms with Crippen molar-refractivity contribution < 1.29 is 48.2 Å². The van der Waals surface area contributed by atoms with Crippen molar-refractivity contribution >= 4 is 11.0 Å². The van der Waals surface area contributed by atoms with Crippen LogP contribution in [0.2, 0.25) is 0 Å². The molecule has 41 heavy (non-hydrogen) atoms. The minimum Gasteiger partial charge on any atom is -0.508 e. The van der Waals surface area contributed by atoms with Crippen LogP contribution < -0.4 is 24.4 Å². The van der Waals surface area contributed by atoms with E-state index in [2.05, 4.69) is 0 Å². The summed E-state index contributed by atoms with van der Waals surface area (Å²) in [4.78, 5) is 12.8. The maximum absolute atomic E-state index is 12.8. The summed E-state index contributed by atoms with van der Waals surface area (Å²) < 4.78 is 41.0. The van der Waals surface area contributed by atoms with Gasteiger partial charge in [-0.15, -0.1) is 0 Å². The highest BCUT2D eigenvalue weighted by Crippen LogP contribution is 2.45. The quantitative estimate of drug-likeness (QED) is 0.281. The van der Waals surface area contributed by atoms with Gasteiger partial charge in [-0.05, 0) is 43.7 Å². The topological polar surface area (TPSA) is 146 Å². The number of methoxy groups -OCH3 is 3. The van der Waals surface area contributed by atoms with Gasteiger partial charge in [-0.3, -0.25) is 4.79 Å². The van der Waals surface area contributed by atoms with Crippen LogP contribution in [0.3, 0.4) is 0 Å². The average Bonchev–Trinajstić information content (AvgIpc) is 2.93. The number of hydrogen-bond donors (Lipinski definition) is 3. The Morgan fingerprint density at radius 3 is 2.20 bits per heavy atom. The van der Waals surface area contributed by atoms with Crippen molar-refractivity contribution in [3.63, 3.8) is 0 Å². The van der Waals surface area contributed by atoms with Crippen LogP contribution in [0.15, 0.2) is 57.7 Å². The number of phenolic OH excluding ortho intramolecular Hbond substituents is 3. The summed E-state index contributed by atoms with van der Waals surface area (Å²) in [5, 5.41) is 30.0. The van der Waals surface area contributed by atoms with Crippen LogP contribution >= 0.6 is 0 Å². The third kappa shape index (κ3) is 5.41. The smallest absolute Gasteiger partial charge is 0.204 e. The largest absolute Gasteiger partial charge is 0.508 e. The van der Waals surface area contributed by atoms with Gasteiger partial charge in [-0.1, -0.05) is 6.07 Å². The van der Waals surface area contributed by atoms with Gasteiger partial charge in [-0.25, -0.2) is 0 Å². The lowest BCUT2D eigenvalue weighted by Gasteiger charge is -2.41. The van der Waals surface area contributed by atoms with E-state index in [0.29, 0.717) is 11.1 Å². The van der Waals surface area contributed by atoms with Gasteiger partial charge >= 0.3 is 0 Å². The Morgan fingerprint density at radius 2 is 1.54 bits per heavy atom. The number of fused-ring (bicyclic) bond motifs is 1. The van der Waals surface area contributed by atoms with Crippen LogP contribution in [0.5, 0.6) is 40.2 Å². The van der Waals surface area contributed by atoms with E-state index in [9.17, 15) is 20.1 Å². The second-order valence-electron chi connectivity index (χ2n) is 9.86. The van der Waals surface area contributed by atoms with E-state index in [-0.39, 0.29) is 63.6 Å². The van der Waals surface area contributed by atoms with Crippen LogP contribution in [0.1, 0.15) is 25.5 Å².